The molecule has 0 bridgehead atoms. The van der Waals surface area contributed by atoms with Crippen LogP contribution >= 0.6 is 11.6 Å². The Morgan fingerprint density at radius 1 is 1.03 bits per heavy atom. The van der Waals surface area contributed by atoms with Gasteiger partial charge >= 0.3 is 0 Å². The van der Waals surface area contributed by atoms with Crippen molar-refractivity contribution in [3.8, 4) is 11.6 Å². The van der Waals surface area contributed by atoms with Crippen LogP contribution in [0.5, 0.6) is 11.6 Å². The van der Waals surface area contributed by atoms with Crippen LogP contribution in [0.3, 0.4) is 0 Å². The molecule has 2 aromatic rings. The van der Waals surface area contributed by atoms with Gasteiger partial charge in [-0.05, 0) is 68.9 Å². The Hall–Kier alpha value is -1.78. The predicted octanol–water partition coefficient (Wildman–Crippen LogP) is 7.23. The summed E-state index contributed by atoms with van der Waals surface area (Å²) >= 11 is 6.19. The third-order valence-electron chi connectivity index (χ3n) is 4.88. The smallest absolute Gasteiger partial charge is 0.227 e. The monoisotopic (exact) mass is 418 g/mol. The summed E-state index contributed by atoms with van der Waals surface area (Å²) in [6.45, 7) is 15.8. The highest BCUT2D eigenvalue weighted by molar-refractivity contribution is 6.30. The van der Waals surface area contributed by atoms with Crippen LogP contribution in [0.1, 0.15) is 62.9 Å². The Morgan fingerprint density at radius 2 is 1.66 bits per heavy atom. The minimum atomic E-state index is 0.396. The Labute approximate surface area is 181 Å². The second kappa shape index (κ2) is 10.8. The maximum atomic E-state index is 6.36. The predicted molar refractivity (Wildman–Crippen MR) is 122 cm³/mol. The molecule has 0 unspecified atom stereocenters. The van der Waals surface area contributed by atoms with E-state index in [9.17, 15) is 0 Å². The van der Waals surface area contributed by atoms with Crippen LogP contribution in [-0.2, 0) is 11.3 Å². The van der Waals surface area contributed by atoms with Crippen LogP contribution in [0.2, 0.25) is 5.02 Å². The molecule has 4 nitrogen and oxygen atoms in total. The van der Waals surface area contributed by atoms with Gasteiger partial charge in [0.05, 0.1) is 12.2 Å². The van der Waals surface area contributed by atoms with Crippen LogP contribution in [0, 0.1) is 26.7 Å². The molecular weight excluding hydrogens is 384 g/mol. The molecule has 1 N–H and O–H groups in total. The highest BCUT2D eigenvalue weighted by atomic mass is 35.5. The molecule has 5 heteroatoms. The topological polar surface area (TPSA) is 43.4 Å². The quantitative estimate of drug-likeness (QED) is 0.442. The lowest BCUT2D eigenvalue weighted by molar-refractivity contribution is 0.0958. The number of aromatic nitrogens is 1. The largest absolute Gasteiger partial charge is 0.438 e. The van der Waals surface area contributed by atoms with Crippen molar-refractivity contribution in [2.75, 3.05) is 11.9 Å². The van der Waals surface area contributed by atoms with E-state index < -0.39 is 0 Å². The molecule has 0 aliphatic rings. The molecule has 1 heterocycles. The van der Waals surface area contributed by atoms with Gasteiger partial charge in [0.1, 0.15) is 5.75 Å². The standard InChI is InChI=1S/C24H35ClN2O2/c1-8-20(9-2)27-22-12-18(7)26-24(21(22)14-28-13-15(3)4)29-23-16(5)10-19(25)11-17(23)6/h10-12,15,20H,8-9,13-14H2,1-7H3,(H,26,27). The van der Waals surface area contributed by atoms with Gasteiger partial charge in [-0.15, -0.1) is 0 Å². The first-order valence-electron chi connectivity index (χ1n) is 10.5. The van der Waals surface area contributed by atoms with Crippen LogP contribution in [0.15, 0.2) is 18.2 Å². The van der Waals surface area contributed by atoms with Gasteiger partial charge in [-0.1, -0.05) is 39.3 Å². The van der Waals surface area contributed by atoms with Crippen LogP contribution < -0.4 is 10.1 Å². The lowest BCUT2D eigenvalue weighted by atomic mass is 10.1. The number of pyridine rings is 1. The van der Waals surface area contributed by atoms with Gasteiger partial charge in [-0.2, -0.15) is 0 Å². The molecule has 0 fully saturated rings. The molecule has 29 heavy (non-hydrogen) atoms. The second-order valence-corrected chi connectivity index (χ2v) is 8.57. The molecule has 0 aliphatic carbocycles. The fraction of sp³-hybridized carbons (Fsp3) is 0.542. The third kappa shape index (κ3) is 6.61. The molecule has 0 aliphatic heterocycles. The molecule has 1 aromatic heterocycles. The lowest BCUT2D eigenvalue weighted by Crippen LogP contribution is -2.19. The van der Waals surface area contributed by atoms with Crippen molar-refractivity contribution in [3.05, 3.63) is 45.6 Å². The lowest BCUT2D eigenvalue weighted by Gasteiger charge is -2.22. The summed E-state index contributed by atoms with van der Waals surface area (Å²) in [6, 6.07) is 6.31. The van der Waals surface area contributed by atoms with Crippen molar-refractivity contribution in [3.63, 3.8) is 0 Å². The number of hydrogen-bond donors (Lipinski definition) is 1. The minimum absolute atomic E-state index is 0.396. The average molecular weight is 419 g/mol. The zero-order valence-electron chi connectivity index (χ0n) is 18.9. The van der Waals surface area contributed by atoms with E-state index >= 15 is 0 Å². The van der Waals surface area contributed by atoms with Crippen molar-refractivity contribution in [2.45, 2.75) is 74.0 Å². The summed E-state index contributed by atoms with van der Waals surface area (Å²) in [6.07, 6.45) is 2.10. The van der Waals surface area contributed by atoms with Gasteiger partial charge in [0.15, 0.2) is 0 Å². The third-order valence-corrected chi connectivity index (χ3v) is 5.10. The van der Waals surface area contributed by atoms with Crippen LogP contribution in [0.25, 0.3) is 0 Å². The molecule has 1 aromatic carbocycles. The van der Waals surface area contributed by atoms with Crippen molar-refractivity contribution in [2.24, 2.45) is 5.92 Å². The number of ether oxygens (including phenoxy) is 2. The molecule has 2 rings (SSSR count). The van der Waals surface area contributed by atoms with E-state index in [1.54, 1.807) is 0 Å². The number of benzene rings is 1. The van der Waals surface area contributed by atoms with E-state index in [0.29, 0.717) is 36.1 Å². The number of nitrogens with zero attached hydrogens (tertiary/aromatic N) is 1. The summed E-state index contributed by atoms with van der Waals surface area (Å²) in [5.74, 6) is 1.86. The van der Waals surface area contributed by atoms with E-state index in [-0.39, 0.29) is 0 Å². The molecule has 0 spiro atoms. The summed E-state index contributed by atoms with van der Waals surface area (Å²) in [5.41, 5.74) is 4.88. The first kappa shape index (κ1) is 23.5. The molecule has 0 saturated heterocycles. The summed E-state index contributed by atoms with van der Waals surface area (Å²) in [7, 11) is 0. The van der Waals surface area contributed by atoms with E-state index in [1.807, 2.05) is 32.9 Å². The van der Waals surface area contributed by atoms with Crippen molar-refractivity contribution < 1.29 is 9.47 Å². The number of anilines is 1. The van der Waals surface area contributed by atoms with Crippen LogP contribution in [0.4, 0.5) is 5.69 Å². The Bertz CT molecular complexity index is 794. The Kier molecular flexibility index (Phi) is 8.79. The fourth-order valence-electron chi connectivity index (χ4n) is 3.29. The molecular formula is C24H35ClN2O2. The zero-order chi connectivity index (χ0) is 21.6. The molecule has 0 saturated carbocycles. The SMILES string of the molecule is CCC(CC)Nc1cc(C)nc(Oc2c(C)cc(Cl)cc2C)c1COCC(C)C. The van der Waals surface area contributed by atoms with Crippen molar-refractivity contribution in [1.29, 1.82) is 0 Å². The number of hydrogen-bond acceptors (Lipinski definition) is 4. The van der Waals surface area contributed by atoms with Gasteiger partial charge in [-0.3, -0.25) is 0 Å². The van der Waals surface area contributed by atoms with Gasteiger partial charge < -0.3 is 14.8 Å². The Morgan fingerprint density at radius 3 is 2.21 bits per heavy atom. The second-order valence-electron chi connectivity index (χ2n) is 8.13. The minimum Gasteiger partial charge on any atom is -0.438 e. The zero-order valence-corrected chi connectivity index (χ0v) is 19.6. The Balaban J connectivity index is 2.47. The fourth-order valence-corrected chi connectivity index (χ4v) is 3.62. The van der Waals surface area contributed by atoms with E-state index in [1.165, 1.54) is 0 Å². The highest BCUT2D eigenvalue weighted by Gasteiger charge is 2.18. The number of halogens is 1. The molecule has 0 atom stereocenters. The van der Waals surface area contributed by atoms with Gasteiger partial charge in [0.25, 0.3) is 0 Å². The van der Waals surface area contributed by atoms with Gasteiger partial charge in [0, 0.05) is 29.1 Å². The summed E-state index contributed by atoms with van der Waals surface area (Å²) < 4.78 is 12.4. The molecule has 0 amide bonds. The maximum absolute atomic E-state index is 6.36. The molecule has 160 valence electrons. The van der Waals surface area contributed by atoms with Crippen LogP contribution in [-0.4, -0.2) is 17.6 Å². The van der Waals surface area contributed by atoms with E-state index in [4.69, 9.17) is 26.1 Å². The first-order chi connectivity index (χ1) is 13.7. The number of rotatable bonds is 10. The number of nitrogens with one attached hydrogen (secondary N) is 1. The average Bonchev–Trinajstić information content (AvgIpc) is 2.64. The van der Waals surface area contributed by atoms with E-state index in [2.05, 4.69) is 39.1 Å². The maximum Gasteiger partial charge on any atom is 0.227 e. The normalized spacial score (nSPS) is 11.4. The van der Waals surface area contributed by atoms with E-state index in [0.717, 1.165) is 46.7 Å². The first-order valence-corrected chi connectivity index (χ1v) is 10.9. The highest BCUT2D eigenvalue weighted by Crippen LogP contribution is 2.35. The summed E-state index contributed by atoms with van der Waals surface area (Å²) in [4.78, 5) is 4.72. The van der Waals surface area contributed by atoms with Crippen molar-refractivity contribution in [1.82, 2.24) is 4.98 Å². The van der Waals surface area contributed by atoms with Gasteiger partial charge in [0.2, 0.25) is 5.88 Å². The molecule has 0 radical (unpaired) electrons. The van der Waals surface area contributed by atoms with Gasteiger partial charge in [-0.25, -0.2) is 4.98 Å². The van der Waals surface area contributed by atoms with Crippen molar-refractivity contribution >= 4 is 17.3 Å². The summed E-state index contributed by atoms with van der Waals surface area (Å²) in [5, 5.41) is 4.38. The number of aryl methyl sites for hydroxylation is 3.